The molecule has 0 saturated heterocycles. The number of benzene rings is 1. The molecule has 0 aliphatic carbocycles. The number of rotatable bonds is 4. The topological polar surface area (TPSA) is 72.8 Å². The van der Waals surface area contributed by atoms with Gasteiger partial charge in [-0.05, 0) is 12.1 Å². The molecule has 0 bridgehead atoms. The summed E-state index contributed by atoms with van der Waals surface area (Å²) in [5, 5.41) is 8.83. The maximum absolute atomic E-state index is 11.8. The Morgan fingerprint density at radius 3 is 2.67 bits per heavy atom. The molecule has 2 rings (SSSR count). The summed E-state index contributed by atoms with van der Waals surface area (Å²) in [6.45, 7) is 0.815. The van der Waals surface area contributed by atoms with Gasteiger partial charge in [0.05, 0.1) is 11.4 Å². The average molecular weight is 271 g/mol. The van der Waals surface area contributed by atoms with E-state index in [1.807, 2.05) is 0 Å². The second-order valence-electron chi connectivity index (χ2n) is 3.80. The number of ether oxygens (including phenoxy) is 2. The average Bonchev–Trinajstić information content (AvgIpc) is 2.36. The van der Waals surface area contributed by atoms with Gasteiger partial charge < -0.3 is 14.6 Å². The first-order chi connectivity index (χ1) is 8.58. The number of hydrogen-bond acceptors (Lipinski definition) is 4. The first kappa shape index (κ1) is 12.7. The van der Waals surface area contributed by atoms with Gasteiger partial charge >= 0.3 is 5.97 Å². The van der Waals surface area contributed by atoms with Gasteiger partial charge in [0.15, 0.2) is 17.3 Å². The predicted molar refractivity (Wildman–Crippen MR) is 63.6 cm³/mol. The zero-order valence-electron chi connectivity index (χ0n) is 9.44. The molecule has 1 aromatic carbocycles. The van der Waals surface area contributed by atoms with Crippen molar-refractivity contribution in [1.29, 1.82) is 0 Å². The van der Waals surface area contributed by atoms with Gasteiger partial charge in [-0.15, -0.1) is 0 Å². The lowest BCUT2D eigenvalue weighted by Crippen LogP contribution is -2.16. The summed E-state index contributed by atoms with van der Waals surface area (Å²) in [7, 11) is 0. The maximum Gasteiger partial charge on any atom is 0.303 e. The molecule has 1 N–H and O–H groups in total. The van der Waals surface area contributed by atoms with Crippen molar-refractivity contribution in [2.75, 3.05) is 13.2 Å². The van der Waals surface area contributed by atoms with E-state index in [1.165, 1.54) is 12.1 Å². The molecule has 1 aliphatic rings. The number of carboxylic acids is 1. The van der Waals surface area contributed by atoms with Crippen molar-refractivity contribution >= 4 is 23.4 Å². The van der Waals surface area contributed by atoms with Crippen molar-refractivity contribution in [3.8, 4) is 11.5 Å². The lowest BCUT2D eigenvalue weighted by molar-refractivity contribution is -0.136. The molecule has 0 spiro atoms. The van der Waals surface area contributed by atoms with Crippen LogP contribution in [0.1, 0.15) is 23.2 Å². The smallest absolute Gasteiger partial charge is 0.303 e. The predicted octanol–water partition coefficient (Wildman–Crippen LogP) is 2.16. The third kappa shape index (κ3) is 2.73. The summed E-state index contributed by atoms with van der Waals surface area (Å²) in [6, 6.07) is 3.00. The Bertz CT molecular complexity index is 497. The number of carbonyl (C=O) groups is 2. The Balaban J connectivity index is 2.21. The van der Waals surface area contributed by atoms with E-state index in [0.717, 1.165) is 0 Å². The monoisotopic (exact) mass is 270 g/mol. The van der Waals surface area contributed by atoms with E-state index in [4.69, 9.17) is 26.2 Å². The number of aliphatic carboxylic acids is 1. The van der Waals surface area contributed by atoms with Crippen LogP contribution in [0.4, 0.5) is 0 Å². The molecule has 1 aliphatic heterocycles. The van der Waals surface area contributed by atoms with Crippen LogP contribution in [0.5, 0.6) is 11.5 Å². The number of carboxylic acid groups (broad SMARTS) is 1. The SMILES string of the molecule is O=C(O)CCC(=O)c1cc(Cl)c2c(c1)OCCO2. The highest BCUT2D eigenvalue weighted by Crippen LogP contribution is 2.38. The molecule has 1 aromatic rings. The van der Waals surface area contributed by atoms with Crippen molar-refractivity contribution in [2.24, 2.45) is 0 Å². The van der Waals surface area contributed by atoms with E-state index in [9.17, 15) is 9.59 Å². The second-order valence-corrected chi connectivity index (χ2v) is 4.21. The van der Waals surface area contributed by atoms with Gasteiger partial charge in [-0.3, -0.25) is 9.59 Å². The molecule has 0 unspecified atom stereocenters. The number of carbonyl (C=O) groups excluding carboxylic acids is 1. The fourth-order valence-electron chi connectivity index (χ4n) is 1.64. The quantitative estimate of drug-likeness (QED) is 0.849. The van der Waals surface area contributed by atoms with E-state index >= 15 is 0 Å². The van der Waals surface area contributed by atoms with Crippen LogP contribution in [0, 0.1) is 0 Å². The molecule has 0 fully saturated rings. The maximum atomic E-state index is 11.8. The number of hydrogen-bond donors (Lipinski definition) is 1. The lowest BCUT2D eigenvalue weighted by Gasteiger charge is -2.20. The largest absolute Gasteiger partial charge is 0.486 e. The molecule has 0 amide bonds. The van der Waals surface area contributed by atoms with Crippen molar-refractivity contribution in [2.45, 2.75) is 12.8 Å². The van der Waals surface area contributed by atoms with Gasteiger partial charge in [-0.2, -0.15) is 0 Å². The van der Waals surface area contributed by atoms with Crippen molar-refractivity contribution in [1.82, 2.24) is 0 Å². The summed E-state index contributed by atoms with van der Waals surface area (Å²) in [6.07, 6.45) is -0.268. The lowest BCUT2D eigenvalue weighted by atomic mass is 10.1. The van der Waals surface area contributed by atoms with Crippen LogP contribution in [-0.4, -0.2) is 30.1 Å². The van der Waals surface area contributed by atoms with Gasteiger partial charge in [0.25, 0.3) is 0 Å². The fraction of sp³-hybridized carbons (Fsp3) is 0.333. The van der Waals surface area contributed by atoms with Gasteiger partial charge in [-0.25, -0.2) is 0 Å². The van der Waals surface area contributed by atoms with Gasteiger partial charge in [0.1, 0.15) is 13.2 Å². The molecular weight excluding hydrogens is 260 g/mol. The van der Waals surface area contributed by atoms with Gasteiger partial charge in [-0.1, -0.05) is 11.6 Å². The molecule has 5 nitrogen and oxygen atoms in total. The normalized spacial score (nSPS) is 13.2. The molecule has 0 atom stereocenters. The Morgan fingerprint density at radius 2 is 1.94 bits per heavy atom. The van der Waals surface area contributed by atoms with Gasteiger partial charge in [0.2, 0.25) is 0 Å². The zero-order valence-corrected chi connectivity index (χ0v) is 10.2. The Hall–Kier alpha value is -1.75. The zero-order chi connectivity index (χ0) is 13.1. The van der Waals surface area contributed by atoms with Crippen LogP contribution >= 0.6 is 11.6 Å². The number of ketones is 1. The summed E-state index contributed by atoms with van der Waals surface area (Å²) in [5.41, 5.74) is 0.338. The summed E-state index contributed by atoms with van der Waals surface area (Å²) in [4.78, 5) is 22.2. The van der Waals surface area contributed by atoms with Crippen LogP contribution in [0.2, 0.25) is 5.02 Å². The van der Waals surface area contributed by atoms with Crippen molar-refractivity contribution in [3.63, 3.8) is 0 Å². The number of Topliss-reactive ketones (excluding diaryl/α,β-unsaturated/α-hetero) is 1. The highest BCUT2D eigenvalue weighted by molar-refractivity contribution is 6.32. The third-order valence-corrected chi connectivity index (χ3v) is 2.77. The first-order valence-electron chi connectivity index (χ1n) is 5.42. The summed E-state index contributed by atoms with van der Waals surface area (Å²) >= 11 is 5.98. The highest BCUT2D eigenvalue weighted by Gasteiger charge is 2.19. The molecule has 1 heterocycles. The summed E-state index contributed by atoms with van der Waals surface area (Å²) < 4.78 is 10.7. The summed E-state index contributed by atoms with van der Waals surface area (Å²) in [5.74, 6) is -0.437. The minimum absolute atomic E-state index is 0.0642. The first-order valence-corrected chi connectivity index (χ1v) is 5.80. The van der Waals surface area contributed by atoms with Crippen LogP contribution in [0.25, 0.3) is 0 Å². The van der Waals surface area contributed by atoms with Crippen LogP contribution in [0.3, 0.4) is 0 Å². The minimum Gasteiger partial charge on any atom is -0.486 e. The molecule has 0 saturated carbocycles. The van der Waals surface area contributed by atoms with E-state index in [-0.39, 0.29) is 18.6 Å². The van der Waals surface area contributed by atoms with Crippen LogP contribution in [-0.2, 0) is 4.79 Å². The fourth-order valence-corrected chi connectivity index (χ4v) is 1.90. The highest BCUT2D eigenvalue weighted by atomic mass is 35.5. The number of fused-ring (bicyclic) bond motifs is 1. The van der Waals surface area contributed by atoms with Crippen LogP contribution in [0.15, 0.2) is 12.1 Å². The van der Waals surface area contributed by atoms with Gasteiger partial charge in [0, 0.05) is 12.0 Å². The van der Waals surface area contributed by atoms with E-state index in [1.54, 1.807) is 0 Å². The standard InChI is InChI=1S/C12H11ClO5/c13-8-5-7(9(14)1-2-11(15)16)6-10-12(8)18-4-3-17-10/h5-6H,1-4H2,(H,15,16). The van der Waals surface area contributed by atoms with Crippen LogP contribution < -0.4 is 9.47 Å². The molecule has 0 aromatic heterocycles. The molecule has 6 heteroatoms. The molecule has 96 valence electrons. The van der Waals surface area contributed by atoms with E-state index in [2.05, 4.69) is 0 Å². The molecule has 0 radical (unpaired) electrons. The van der Waals surface area contributed by atoms with E-state index in [0.29, 0.717) is 35.3 Å². The second kappa shape index (κ2) is 5.27. The van der Waals surface area contributed by atoms with E-state index < -0.39 is 5.97 Å². The molecular formula is C12H11ClO5. The van der Waals surface area contributed by atoms with Crippen molar-refractivity contribution < 1.29 is 24.2 Å². The third-order valence-electron chi connectivity index (χ3n) is 2.48. The Kier molecular flexibility index (Phi) is 3.72. The minimum atomic E-state index is -1.01. The molecule has 18 heavy (non-hydrogen) atoms. The van der Waals surface area contributed by atoms with Crippen molar-refractivity contribution in [3.05, 3.63) is 22.7 Å². The Labute approximate surface area is 108 Å². The Morgan fingerprint density at radius 1 is 1.22 bits per heavy atom. The number of halogens is 1.